The van der Waals surface area contributed by atoms with Gasteiger partial charge in [-0.3, -0.25) is 4.79 Å². The molecule has 0 saturated carbocycles. The van der Waals surface area contributed by atoms with Crippen LogP contribution in [0.25, 0.3) is 0 Å². The van der Waals surface area contributed by atoms with Crippen LogP contribution in [0, 0.1) is 5.92 Å². The van der Waals surface area contributed by atoms with Crippen molar-refractivity contribution in [2.75, 3.05) is 6.54 Å². The van der Waals surface area contributed by atoms with Gasteiger partial charge in [0.25, 0.3) is 0 Å². The number of thiophene rings is 1. The van der Waals surface area contributed by atoms with Crippen LogP contribution in [0.2, 0.25) is 0 Å². The van der Waals surface area contributed by atoms with E-state index in [-0.39, 0.29) is 11.8 Å². The first-order valence-electron chi connectivity index (χ1n) is 8.42. The minimum Gasteiger partial charge on any atom is -0.387 e. The third-order valence-corrected chi connectivity index (χ3v) is 5.17. The Morgan fingerprint density at radius 2 is 2.08 bits per heavy atom. The van der Waals surface area contributed by atoms with Crippen LogP contribution < -0.4 is 0 Å². The van der Waals surface area contributed by atoms with Gasteiger partial charge in [0.05, 0.1) is 12.6 Å². The van der Waals surface area contributed by atoms with Crippen molar-refractivity contribution in [3.05, 3.63) is 70.4 Å². The molecule has 0 saturated heterocycles. The second kappa shape index (κ2) is 8.27. The van der Waals surface area contributed by atoms with Gasteiger partial charge in [0, 0.05) is 12.5 Å². The number of carbonyl (C=O) groups excluding carboxylic acids is 1. The van der Waals surface area contributed by atoms with Gasteiger partial charge in [-0.05, 0) is 47.2 Å². The van der Waals surface area contributed by atoms with E-state index in [0.717, 1.165) is 30.4 Å². The Hall–Kier alpha value is -1.91. The lowest BCUT2D eigenvalue weighted by atomic mass is 9.92. The van der Waals surface area contributed by atoms with Gasteiger partial charge in [0.1, 0.15) is 0 Å². The molecule has 126 valence electrons. The lowest BCUT2D eigenvalue weighted by Gasteiger charge is -2.30. The summed E-state index contributed by atoms with van der Waals surface area (Å²) < 4.78 is 0. The van der Waals surface area contributed by atoms with E-state index in [1.54, 1.807) is 11.3 Å². The van der Waals surface area contributed by atoms with E-state index in [1.165, 1.54) is 0 Å². The molecule has 0 aliphatic heterocycles. The fourth-order valence-corrected chi connectivity index (χ4v) is 3.80. The van der Waals surface area contributed by atoms with Gasteiger partial charge in [0.2, 0.25) is 5.91 Å². The molecule has 0 radical (unpaired) electrons. The Bertz CT molecular complexity index is 666. The molecule has 4 heteroatoms. The summed E-state index contributed by atoms with van der Waals surface area (Å²) in [5, 5.41) is 14.4. The van der Waals surface area contributed by atoms with Crippen molar-refractivity contribution >= 4 is 17.2 Å². The average molecular weight is 341 g/mol. The maximum absolute atomic E-state index is 13.0. The highest BCUT2D eigenvalue weighted by Crippen LogP contribution is 2.24. The topological polar surface area (TPSA) is 40.5 Å². The van der Waals surface area contributed by atoms with E-state index in [2.05, 4.69) is 12.2 Å². The van der Waals surface area contributed by atoms with Crippen LogP contribution in [-0.4, -0.2) is 22.5 Å². The number of aliphatic hydroxyl groups excluding tert-OH is 1. The van der Waals surface area contributed by atoms with E-state index in [1.807, 2.05) is 52.1 Å². The summed E-state index contributed by atoms with van der Waals surface area (Å²) in [4.78, 5) is 14.8. The zero-order valence-electron chi connectivity index (χ0n) is 13.7. The molecule has 3 rings (SSSR count). The highest BCUT2D eigenvalue weighted by Gasteiger charge is 2.26. The normalized spacial score (nSPS) is 18.3. The number of nitrogens with zero attached hydrogens (tertiary/aromatic N) is 1. The number of hydrogen-bond donors (Lipinski definition) is 1. The van der Waals surface area contributed by atoms with Crippen molar-refractivity contribution in [1.82, 2.24) is 4.90 Å². The molecule has 24 heavy (non-hydrogen) atoms. The van der Waals surface area contributed by atoms with E-state index >= 15 is 0 Å². The number of amides is 1. The van der Waals surface area contributed by atoms with Crippen LogP contribution >= 0.6 is 11.3 Å². The maximum Gasteiger partial charge on any atom is 0.226 e. The van der Waals surface area contributed by atoms with Gasteiger partial charge >= 0.3 is 0 Å². The van der Waals surface area contributed by atoms with Crippen LogP contribution in [0.15, 0.2) is 59.3 Å². The highest BCUT2D eigenvalue weighted by molar-refractivity contribution is 7.07. The fourth-order valence-electron chi connectivity index (χ4n) is 3.09. The van der Waals surface area contributed by atoms with Crippen molar-refractivity contribution < 1.29 is 9.90 Å². The SMILES string of the molecule is O=C(C1CC=CCC1)N(Cc1ccccc1)CC(O)c1ccsc1. The number of carbonyl (C=O) groups is 1. The molecule has 0 spiro atoms. The molecule has 0 bridgehead atoms. The second-order valence-corrected chi connectivity index (χ2v) is 7.04. The van der Waals surface area contributed by atoms with Crippen LogP contribution in [0.3, 0.4) is 0 Å². The molecule has 1 aliphatic carbocycles. The molecule has 1 aliphatic rings. The largest absolute Gasteiger partial charge is 0.387 e. The standard InChI is InChI=1S/C20H23NO2S/c22-19(18-11-12-24-15-18)14-21(13-16-7-3-1-4-8-16)20(23)17-9-5-2-6-10-17/h1-5,7-8,11-12,15,17,19,22H,6,9-10,13-14H2. The molecule has 1 heterocycles. The first kappa shape index (κ1) is 16.9. The predicted molar refractivity (Wildman–Crippen MR) is 97.6 cm³/mol. The number of rotatable bonds is 6. The van der Waals surface area contributed by atoms with Gasteiger partial charge < -0.3 is 10.0 Å². The summed E-state index contributed by atoms with van der Waals surface area (Å²) in [5.74, 6) is 0.186. The Kier molecular flexibility index (Phi) is 5.83. The lowest BCUT2D eigenvalue weighted by molar-refractivity contribution is -0.138. The van der Waals surface area contributed by atoms with Crippen LogP contribution in [-0.2, 0) is 11.3 Å². The molecule has 2 unspecified atom stereocenters. The average Bonchev–Trinajstić information content (AvgIpc) is 3.17. The summed E-state index contributed by atoms with van der Waals surface area (Å²) in [6.45, 7) is 0.881. The van der Waals surface area contributed by atoms with Crippen LogP contribution in [0.5, 0.6) is 0 Å². The van der Waals surface area contributed by atoms with Gasteiger partial charge in [-0.1, -0.05) is 42.5 Å². The van der Waals surface area contributed by atoms with E-state index in [9.17, 15) is 9.90 Å². The zero-order chi connectivity index (χ0) is 16.8. The summed E-state index contributed by atoms with van der Waals surface area (Å²) in [6.07, 6.45) is 6.27. The van der Waals surface area contributed by atoms with Gasteiger partial charge in [-0.2, -0.15) is 11.3 Å². The van der Waals surface area contributed by atoms with Crippen molar-refractivity contribution in [2.24, 2.45) is 5.92 Å². The molecular formula is C20H23NO2S. The van der Waals surface area contributed by atoms with Crippen LogP contribution in [0.1, 0.15) is 36.5 Å². The van der Waals surface area contributed by atoms with Gasteiger partial charge in [0.15, 0.2) is 0 Å². The zero-order valence-corrected chi connectivity index (χ0v) is 14.5. The molecule has 1 N–H and O–H groups in total. The second-order valence-electron chi connectivity index (χ2n) is 6.26. The van der Waals surface area contributed by atoms with Gasteiger partial charge in [-0.25, -0.2) is 0 Å². The Morgan fingerprint density at radius 3 is 2.75 bits per heavy atom. The van der Waals surface area contributed by atoms with Crippen LogP contribution in [0.4, 0.5) is 0 Å². The highest BCUT2D eigenvalue weighted by atomic mass is 32.1. The smallest absolute Gasteiger partial charge is 0.226 e. The molecular weight excluding hydrogens is 318 g/mol. The third kappa shape index (κ3) is 4.34. The number of aliphatic hydroxyl groups is 1. The van der Waals surface area contributed by atoms with Crippen molar-refractivity contribution in [1.29, 1.82) is 0 Å². The molecule has 2 aromatic rings. The molecule has 2 atom stereocenters. The summed E-state index contributed by atoms with van der Waals surface area (Å²) >= 11 is 1.56. The van der Waals surface area contributed by atoms with Gasteiger partial charge in [-0.15, -0.1) is 0 Å². The van der Waals surface area contributed by atoms with Crippen molar-refractivity contribution in [2.45, 2.75) is 31.9 Å². The number of hydrogen-bond acceptors (Lipinski definition) is 3. The van der Waals surface area contributed by atoms with E-state index < -0.39 is 6.10 Å². The Balaban J connectivity index is 1.74. The summed E-state index contributed by atoms with van der Waals surface area (Å²) in [7, 11) is 0. The third-order valence-electron chi connectivity index (χ3n) is 4.47. The fraction of sp³-hybridized carbons (Fsp3) is 0.350. The quantitative estimate of drug-likeness (QED) is 0.801. The Labute approximate surface area is 147 Å². The van der Waals surface area contributed by atoms with Crippen molar-refractivity contribution in [3.63, 3.8) is 0 Å². The minimum absolute atomic E-state index is 0.0355. The minimum atomic E-state index is -0.636. The predicted octanol–water partition coefficient (Wildman–Crippen LogP) is 4.17. The number of allylic oxidation sites excluding steroid dienone is 2. The lowest BCUT2D eigenvalue weighted by Crippen LogP contribution is -2.38. The monoisotopic (exact) mass is 341 g/mol. The first-order chi connectivity index (χ1) is 11.7. The number of benzene rings is 1. The Morgan fingerprint density at radius 1 is 1.25 bits per heavy atom. The molecule has 3 nitrogen and oxygen atoms in total. The molecule has 1 aromatic heterocycles. The van der Waals surface area contributed by atoms with E-state index in [4.69, 9.17) is 0 Å². The van der Waals surface area contributed by atoms with Crippen molar-refractivity contribution in [3.8, 4) is 0 Å². The summed E-state index contributed by atoms with van der Waals surface area (Å²) in [6, 6.07) is 11.9. The first-order valence-corrected chi connectivity index (χ1v) is 9.36. The summed E-state index contributed by atoms with van der Waals surface area (Å²) in [5.41, 5.74) is 1.98. The molecule has 0 fully saturated rings. The maximum atomic E-state index is 13.0. The molecule has 1 amide bonds. The molecule has 1 aromatic carbocycles. The van der Waals surface area contributed by atoms with E-state index in [0.29, 0.717) is 13.1 Å².